The molecule has 0 amide bonds. The fourth-order valence-electron chi connectivity index (χ4n) is 4.85. The lowest BCUT2D eigenvalue weighted by Crippen LogP contribution is -2.06. The molecule has 0 spiro atoms. The molecule has 3 aromatic carbocycles. The van der Waals surface area contributed by atoms with Crippen LogP contribution < -0.4 is 5.46 Å². The average molecular weight is 731 g/mol. The van der Waals surface area contributed by atoms with Crippen LogP contribution in [0.3, 0.4) is 0 Å². The van der Waals surface area contributed by atoms with Crippen LogP contribution in [0.4, 0.5) is 0 Å². The highest BCUT2D eigenvalue weighted by atomic mass is 79.9. The van der Waals surface area contributed by atoms with Gasteiger partial charge in [0.15, 0.2) is 0 Å². The maximum atomic E-state index is 3.97. The molecule has 0 aliphatic carbocycles. The van der Waals surface area contributed by atoms with Crippen molar-refractivity contribution < 1.29 is 0 Å². The third kappa shape index (κ3) is 3.59. The van der Waals surface area contributed by atoms with E-state index in [2.05, 4.69) is 118 Å². The van der Waals surface area contributed by atoms with E-state index in [1.807, 2.05) is 45.3 Å². The normalized spacial score (nSPS) is 12.1. The van der Waals surface area contributed by atoms with E-state index < -0.39 is 0 Å². The van der Waals surface area contributed by atoms with E-state index in [0.29, 0.717) is 0 Å². The first-order chi connectivity index (χ1) is 17.3. The van der Waals surface area contributed by atoms with Gasteiger partial charge in [-0.1, -0.05) is 57.3 Å². The van der Waals surface area contributed by atoms with Crippen molar-refractivity contribution in [3.05, 3.63) is 73.1 Å². The summed E-state index contributed by atoms with van der Waals surface area (Å²) in [6.07, 6.45) is 0. The number of aryl methyl sites for hydroxylation is 2. The molecule has 0 bridgehead atoms. The van der Waals surface area contributed by atoms with Gasteiger partial charge < -0.3 is 0 Å². The molecule has 36 heavy (non-hydrogen) atoms. The van der Waals surface area contributed by atoms with Gasteiger partial charge in [0.05, 0.1) is 37.5 Å². The molecule has 4 aromatic heterocycles. The Kier molecular flexibility index (Phi) is 5.86. The first kappa shape index (κ1) is 24.1. The predicted octanol–water partition coefficient (Wildman–Crippen LogP) is 11.0. The minimum Gasteiger partial charge on any atom is -0.133 e. The molecule has 0 fully saturated rings. The second-order valence-electron chi connectivity index (χ2n) is 9.16. The van der Waals surface area contributed by atoms with Gasteiger partial charge in [-0.25, -0.2) is 0 Å². The van der Waals surface area contributed by atoms with Crippen molar-refractivity contribution in [2.75, 3.05) is 0 Å². The van der Waals surface area contributed by atoms with Crippen molar-refractivity contribution in [3.8, 4) is 20.9 Å². The zero-order valence-electron chi connectivity index (χ0n) is 19.4. The van der Waals surface area contributed by atoms with Gasteiger partial charge in [-0.2, -0.15) is 0 Å². The molecule has 4 heterocycles. The summed E-state index contributed by atoms with van der Waals surface area (Å²) in [6.45, 7) is 4.29. The average Bonchev–Trinajstić information content (AvgIpc) is 3.54. The molecule has 176 valence electrons. The summed E-state index contributed by atoms with van der Waals surface area (Å²) in [5, 5.41) is 2.73. The van der Waals surface area contributed by atoms with Crippen molar-refractivity contribution in [3.63, 3.8) is 0 Å². The molecule has 0 radical (unpaired) electrons. The van der Waals surface area contributed by atoms with Crippen LogP contribution in [0.15, 0.2) is 61.9 Å². The summed E-state index contributed by atoms with van der Waals surface area (Å²) in [5.41, 5.74) is 6.47. The Hall–Kier alpha value is -0.995. The van der Waals surface area contributed by atoms with Gasteiger partial charge in [0.25, 0.3) is 0 Å². The maximum Gasteiger partial charge on any atom is 0.140 e. The highest BCUT2D eigenvalue weighted by molar-refractivity contribution is 9.11. The van der Waals surface area contributed by atoms with Crippen LogP contribution in [-0.4, -0.2) is 7.85 Å². The molecule has 0 saturated heterocycles. The molecule has 0 atom stereocenters. The molecule has 8 heteroatoms. The van der Waals surface area contributed by atoms with Gasteiger partial charge in [0, 0.05) is 30.2 Å². The van der Waals surface area contributed by atoms with Crippen LogP contribution in [0.1, 0.15) is 11.1 Å². The van der Waals surface area contributed by atoms with E-state index >= 15 is 0 Å². The van der Waals surface area contributed by atoms with Gasteiger partial charge in [-0.3, -0.25) is 0 Å². The number of hydrogen-bond acceptors (Lipinski definition) is 4. The Morgan fingerprint density at radius 3 is 1.61 bits per heavy atom. The Balaban J connectivity index is 1.43. The predicted molar refractivity (Wildman–Crippen MR) is 180 cm³/mol. The lowest BCUT2D eigenvalue weighted by molar-refractivity contribution is 1.45. The Morgan fingerprint density at radius 2 is 1.08 bits per heavy atom. The van der Waals surface area contributed by atoms with Gasteiger partial charge in [-0.15, -0.1) is 45.3 Å². The fraction of sp³-hybridized carbons (Fsp3) is 0.0714. The lowest BCUT2D eigenvalue weighted by atomic mass is 9.88. The monoisotopic (exact) mass is 728 g/mol. The van der Waals surface area contributed by atoms with Crippen molar-refractivity contribution in [2.45, 2.75) is 13.8 Å². The molecular formula is C28H16BBr3S4. The van der Waals surface area contributed by atoms with Gasteiger partial charge in [0.2, 0.25) is 0 Å². The third-order valence-corrected chi connectivity index (χ3v) is 15.0. The molecule has 0 saturated carbocycles. The lowest BCUT2D eigenvalue weighted by Gasteiger charge is -2.05. The maximum absolute atomic E-state index is 3.97. The van der Waals surface area contributed by atoms with Crippen LogP contribution >= 0.6 is 93.1 Å². The minimum atomic E-state index is 1.15. The third-order valence-electron chi connectivity index (χ3n) is 6.61. The zero-order chi connectivity index (χ0) is 24.9. The number of fused-ring (bicyclic) bond motifs is 6. The zero-order valence-corrected chi connectivity index (χ0v) is 27.4. The highest BCUT2D eigenvalue weighted by Crippen LogP contribution is 2.54. The number of thiophene rings is 4. The van der Waals surface area contributed by atoms with Crippen molar-refractivity contribution >= 4 is 145 Å². The van der Waals surface area contributed by atoms with Crippen molar-refractivity contribution in [2.24, 2.45) is 0 Å². The van der Waals surface area contributed by atoms with Gasteiger partial charge in [0.1, 0.15) is 7.85 Å². The van der Waals surface area contributed by atoms with Crippen LogP contribution in [0, 0.1) is 13.8 Å². The van der Waals surface area contributed by atoms with Crippen LogP contribution in [0.2, 0.25) is 0 Å². The van der Waals surface area contributed by atoms with Gasteiger partial charge in [-0.05, 0) is 75.0 Å². The molecule has 7 aromatic rings. The molecule has 0 aliphatic heterocycles. The van der Waals surface area contributed by atoms with Gasteiger partial charge >= 0.3 is 0 Å². The topological polar surface area (TPSA) is 0 Å². The first-order valence-electron chi connectivity index (χ1n) is 11.3. The number of hydrogen-bond donors (Lipinski definition) is 0. The largest absolute Gasteiger partial charge is 0.140 e. The molecule has 0 unspecified atom stereocenters. The second-order valence-corrected chi connectivity index (χ2v) is 15.7. The van der Waals surface area contributed by atoms with Crippen LogP contribution in [0.25, 0.3) is 59.9 Å². The Morgan fingerprint density at radius 1 is 0.583 bits per heavy atom. The first-order valence-corrected chi connectivity index (χ1v) is 17.0. The SMILES string of the molecule is Bc1cc(C)ccc1-c1sc2c(sc3cc4c(cc32)sc2c(Br)c(-c3ccc(C)cc3Br)sc24)c1Br. The number of halogens is 3. The summed E-state index contributed by atoms with van der Waals surface area (Å²) < 4.78 is 11.8. The number of benzene rings is 3. The quantitative estimate of drug-likeness (QED) is 0.155. The summed E-state index contributed by atoms with van der Waals surface area (Å²) in [4.78, 5) is 2.62. The standard InChI is InChI=1S/C28H16BBr3S4/c1-11-3-5-13(17(29)7-11)23-21(31)27-25(35-23)15-9-20-16(10-19(15)33-27)26-28(34-20)22(32)24(36-26)14-6-4-12(2)8-18(14)30/h3-10H,29H2,1-2H3. The molecule has 0 nitrogen and oxygen atoms in total. The minimum absolute atomic E-state index is 1.15. The van der Waals surface area contributed by atoms with E-state index in [1.165, 1.54) is 85.4 Å². The highest BCUT2D eigenvalue weighted by Gasteiger charge is 2.22. The van der Waals surface area contributed by atoms with E-state index in [4.69, 9.17) is 0 Å². The molecule has 0 N–H and O–H groups in total. The summed E-state index contributed by atoms with van der Waals surface area (Å²) in [6, 6.07) is 18.2. The summed E-state index contributed by atoms with van der Waals surface area (Å²) in [7, 11) is 2.21. The van der Waals surface area contributed by atoms with E-state index in [0.717, 1.165) is 4.47 Å². The Bertz CT molecular complexity index is 1880. The van der Waals surface area contributed by atoms with Crippen LogP contribution in [0.5, 0.6) is 0 Å². The molecule has 0 aliphatic rings. The summed E-state index contributed by atoms with van der Waals surface area (Å²) in [5.74, 6) is 0. The van der Waals surface area contributed by atoms with Crippen molar-refractivity contribution in [1.82, 2.24) is 0 Å². The molecular weight excluding hydrogens is 715 g/mol. The van der Waals surface area contributed by atoms with E-state index in [-0.39, 0.29) is 0 Å². The Labute approximate surface area is 250 Å². The van der Waals surface area contributed by atoms with Crippen LogP contribution in [-0.2, 0) is 0 Å². The second kappa shape index (κ2) is 8.77. The fourth-order valence-corrected chi connectivity index (χ4v) is 13.0. The smallest absolute Gasteiger partial charge is 0.133 e. The summed E-state index contributed by atoms with van der Waals surface area (Å²) >= 11 is 19.3. The van der Waals surface area contributed by atoms with E-state index in [9.17, 15) is 0 Å². The number of rotatable bonds is 2. The van der Waals surface area contributed by atoms with E-state index in [1.54, 1.807) is 0 Å². The van der Waals surface area contributed by atoms with Crippen molar-refractivity contribution in [1.29, 1.82) is 0 Å². The molecule has 7 rings (SSSR count).